The second-order valence-electron chi connectivity index (χ2n) is 4.79. The molecule has 0 aliphatic carbocycles. The summed E-state index contributed by atoms with van der Waals surface area (Å²) in [4.78, 5) is 10.7. The average molecular weight is 350 g/mol. The topological polar surface area (TPSA) is 144 Å². The van der Waals surface area contributed by atoms with Crippen LogP contribution in [0.4, 0.5) is 0 Å². The Kier molecular flexibility index (Phi) is 6.06. The highest BCUT2D eigenvalue weighted by Crippen LogP contribution is 2.10. The SMILES string of the molecule is CS(=O)(=O)c1ccc(CNS(=O)(=O)CC[C@H](N)C(=O)O)cc1. The van der Waals surface area contributed by atoms with Crippen molar-refractivity contribution < 1.29 is 26.7 Å². The van der Waals surface area contributed by atoms with Gasteiger partial charge in [0.2, 0.25) is 10.0 Å². The molecule has 0 fully saturated rings. The van der Waals surface area contributed by atoms with Gasteiger partial charge in [-0.2, -0.15) is 0 Å². The van der Waals surface area contributed by atoms with E-state index in [0.29, 0.717) is 5.56 Å². The highest BCUT2D eigenvalue weighted by atomic mass is 32.2. The molecule has 0 spiro atoms. The molecule has 22 heavy (non-hydrogen) atoms. The van der Waals surface area contributed by atoms with Crippen LogP contribution in [-0.4, -0.2) is 46.0 Å². The van der Waals surface area contributed by atoms with E-state index in [1.165, 1.54) is 24.3 Å². The van der Waals surface area contributed by atoms with Gasteiger partial charge in [-0.1, -0.05) is 12.1 Å². The summed E-state index contributed by atoms with van der Waals surface area (Å²) in [5, 5.41) is 8.59. The van der Waals surface area contributed by atoms with Crippen LogP contribution in [0.15, 0.2) is 29.2 Å². The maximum absolute atomic E-state index is 11.7. The zero-order chi connectivity index (χ0) is 17.0. The van der Waals surface area contributed by atoms with Crippen molar-refractivity contribution >= 4 is 25.8 Å². The molecular formula is C12H18N2O6S2. The Labute approximate surface area is 129 Å². The molecule has 0 amide bonds. The van der Waals surface area contributed by atoms with Crippen LogP contribution in [0.5, 0.6) is 0 Å². The molecule has 10 heteroatoms. The molecule has 1 rings (SSSR count). The molecule has 0 heterocycles. The van der Waals surface area contributed by atoms with E-state index in [1.54, 1.807) is 0 Å². The highest BCUT2D eigenvalue weighted by molar-refractivity contribution is 7.90. The number of sulfonamides is 1. The summed E-state index contributed by atoms with van der Waals surface area (Å²) in [7, 11) is -6.96. The second-order valence-corrected chi connectivity index (χ2v) is 8.73. The molecule has 0 aromatic heterocycles. The number of nitrogens with one attached hydrogen (secondary N) is 1. The molecule has 0 saturated heterocycles. The lowest BCUT2D eigenvalue weighted by atomic mass is 10.2. The molecule has 8 nitrogen and oxygen atoms in total. The van der Waals surface area contributed by atoms with Gasteiger partial charge in [0.25, 0.3) is 0 Å². The second kappa shape index (κ2) is 7.18. The van der Waals surface area contributed by atoms with Crippen molar-refractivity contribution in [2.45, 2.75) is 23.9 Å². The van der Waals surface area contributed by atoms with Crippen LogP contribution in [0.25, 0.3) is 0 Å². The third-order valence-corrected chi connectivity index (χ3v) is 5.35. The van der Waals surface area contributed by atoms with Gasteiger partial charge in [0.15, 0.2) is 9.84 Å². The van der Waals surface area contributed by atoms with E-state index in [4.69, 9.17) is 10.8 Å². The lowest BCUT2D eigenvalue weighted by Gasteiger charge is -2.09. The fraction of sp³-hybridized carbons (Fsp3) is 0.417. The maximum atomic E-state index is 11.7. The number of benzene rings is 1. The highest BCUT2D eigenvalue weighted by Gasteiger charge is 2.17. The summed E-state index contributed by atoms with van der Waals surface area (Å²) >= 11 is 0. The molecule has 0 unspecified atom stereocenters. The molecule has 0 saturated carbocycles. The molecule has 1 atom stereocenters. The van der Waals surface area contributed by atoms with Gasteiger partial charge in [-0.05, 0) is 24.1 Å². The predicted molar refractivity (Wildman–Crippen MR) is 80.4 cm³/mol. The molecular weight excluding hydrogens is 332 g/mol. The molecule has 0 bridgehead atoms. The number of rotatable bonds is 8. The van der Waals surface area contributed by atoms with Crippen LogP contribution in [0.3, 0.4) is 0 Å². The molecule has 1 aromatic carbocycles. The van der Waals surface area contributed by atoms with E-state index >= 15 is 0 Å². The number of hydrogen-bond acceptors (Lipinski definition) is 6. The Morgan fingerprint density at radius 3 is 2.23 bits per heavy atom. The first-order valence-electron chi connectivity index (χ1n) is 6.26. The first kappa shape index (κ1) is 18.6. The quantitative estimate of drug-likeness (QED) is 0.563. The van der Waals surface area contributed by atoms with Crippen LogP contribution in [0.2, 0.25) is 0 Å². The first-order chi connectivity index (χ1) is 10.0. The fourth-order valence-corrected chi connectivity index (χ4v) is 3.25. The van der Waals surface area contributed by atoms with E-state index in [1.807, 2.05) is 0 Å². The van der Waals surface area contributed by atoms with Gasteiger partial charge in [0, 0.05) is 12.8 Å². The Morgan fingerprint density at radius 1 is 1.23 bits per heavy atom. The van der Waals surface area contributed by atoms with Gasteiger partial charge in [-0.3, -0.25) is 4.79 Å². The normalized spacial score (nSPS) is 13.7. The van der Waals surface area contributed by atoms with Gasteiger partial charge in [0.1, 0.15) is 6.04 Å². The predicted octanol–water partition coefficient (Wildman–Crippen LogP) is -0.688. The number of carboxylic acids is 1. The lowest BCUT2D eigenvalue weighted by Crippen LogP contribution is -2.35. The van der Waals surface area contributed by atoms with Gasteiger partial charge in [0.05, 0.1) is 10.6 Å². The standard InChI is InChI=1S/C12H18N2O6S2/c1-21(17,18)10-4-2-9(3-5-10)8-14-22(19,20)7-6-11(13)12(15)16/h2-5,11,14H,6-8,13H2,1H3,(H,15,16)/t11-/m0/s1. The Hall–Kier alpha value is -1.49. The molecule has 0 aliphatic heterocycles. The minimum Gasteiger partial charge on any atom is -0.480 e. The van der Waals surface area contributed by atoms with Crippen LogP contribution in [0, 0.1) is 0 Å². The van der Waals surface area contributed by atoms with Crippen molar-refractivity contribution in [3.8, 4) is 0 Å². The Morgan fingerprint density at radius 2 is 1.77 bits per heavy atom. The molecule has 124 valence electrons. The zero-order valence-corrected chi connectivity index (χ0v) is 13.5. The van der Waals surface area contributed by atoms with E-state index in [9.17, 15) is 21.6 Å². The number of nitrogens with two attached hydrogens (primary N) is 1. The van der Waals surface area contributed by atoms with Crippen molar-refractivity contribution in [1.82, 2.24) is 4.72 Å². The van der Waals surface area contributed by atoms with Crippen molar-refractivity contribution in [1.29, 1.82) is 0 Å². The van der Waals surface area contributed by atoms with E-state index in [2.05, 4.69) is 4.72 Å². The largest absolute Gasteiger partial charge is 0.480 e. The molecule has 1 aromatic rings. The van der Waals surface area contributed by atoms with Crippen LogP contribution < -0.4 is 10.5 Å². The number of aliphatic carboxylic acids is 1. The Bertz CT molecular complexity index is 725. The van der Waals surface area contributed by atoms with E-state index in [-0.39, 0.29) is 17.9 Å². The summed E-state index contributed by atoms with van der Waals surface area (Å²) in [6.07, 6.45) is 0.883. The van der Waals surface area contributed by atoms with E-state index in [0.717, 1.165) is 6.26 Å². The maximum Gasteiger partial charge on any atom is 0.320 e. The third kappa shape index (κ3) is 6.10. The first-order valence-corrected chi connectivity index (χ1v) is 9.80. The van der Waals surface area contributed by atoms with Crippen molar-refractivity contribution in [2.75, 3.05) is 12.0 Å². The third-order valence-electron chi connectivity index (χ3n) is 2.86. The average Bonchev–Trinajstić information content (AvgIpc) is 2.42. The van der Waals surface area contributed by atoms with Crippen molar-refractivity contribution in [2.24, 2.45) is 5.73 Å². The van der Waals surface area contributed by atoms with Crippen LogP contribution in [0.1, 0.15) is 12.0 Å². The zero-order valence-electron chi connectivity index (χ0n) is 11.9. The van der Waals surface area contributed by atoms with Crippen LogP contribution >= 0.6 is 0 Å². The summed E-state index contributed by atoms with van der Waals surface area (Å²) in [5.41, 5.74) is 5.82. The lowest BCUT2D eigenvalue weighted by molar-refractivity contribution is -0.138. The summed E-state index contributed by atoms with van der Waals surface area (Å²) in [6, 6.07) is 4.55. The number of carbonyl (C=O) groups is 1. The Balaban J connectivity index is 2.60. The number of hydrogen-bond donors (Lipinski definition) is 3. The number of carboxylic acid groups (broad SMARTS) is 1. The van der Waals surface area contributed by atoms with E-state index < -0.39 is 37.6 Å². The molecule has 0 aliphatic rings. The summed E-state index contributed by atoms with van der Waals surface area (Å²) in [6.45, 7) is -0.0192. The smallest absolute Gasteiger partial charge is 0.320 e. The van der Waals surface area contributed by atoms with Gasteiger partial charge >= 0.3 is 5.97 Å². The summed E-state index contributed by atoms with van der Waals surface area (Å²) < 4.78 is 48.3. The van der Waals surface area contributed by atoms with Gasteiger partial charge in [-0.15, -0.1) is 0 Å². The van der Waals surface area contributed by atoms with Gasteiger partial charge < -0.3 is 10.8 Å². The van der Waals surface area contributed by atoms with Crippen molar-refractivity contribution in [3.63, 3.8) is 0 Å². The monoisotopic (exact) mass is 350 g/mol. The number of sulfone groups is 1. The minimum atomic E-state index is -3.66. The van der Waals surface area contributed by atoms with Crippen molar-refractivity contribution in [3.05, 3.63) is 29.8 Å². The van der Waals surface area contributed by atoms with Crippen LogP contribution in [-0.2, 0) is 31.2 Å². The van der Waals surface area contributed by atoms with Gasteiger partial charge in [-0.25, -0.2) is 21.6 Å². The summed E-state index contributed by atoms with van der Waals surface area (Å²) in [5.74, 6) is -1.66. The fourth-order valence-electron chi connectivity index (χ4n) is 1.53. The minimum absolute atomic E-state index is 0.0192. The molecule has 4 N–H and O–H groups in total. The molecule has 0 radical (unpaired) electrons.